The summed E-state index contributed by atoms with van der Waals surface area (Å²) in [6.07, 6.45) is 1.42. The van der Waals surface area contributed by atoms with Crippen LogP contribution in [-0.2, 0) is 4.79 Å². The summed E-state index contributed by atoms with van der Waals surface area (Å²) < 4.78 is 5.51. The fourth-order valence-electron chi connectivity index (χ4n) is 2.58. The van der Waals surface area contributed by atoms with Crippen molar-refractivity contribution in [1.29, 1.82) is 0 Å². The number of amides is 3. The van der Waals surface area contributed by atoms with Crippen LogP contribution in [0.1, 0.15) is 37.3 Å². The summed E-state index contributed by atoms with van der Waals surface area (Å²) in [5.74, 6) is 1.66. The molecule has 1 aliphatic rings. The average molecular weight is 293 g/mol. The van der Waals surface area contributed by atoms with Crippen LogP contribution in [0.15, 0.2) is 16.5 Å². The van der Waals surface area contributed by atoms with E-state index in [0.29, 0.717) is 25.9 Å². The number of nitrogens with one attached hydrogen (secondary N) is 2. The highest BCUT2D eigenvalue weighted by Gasteiger charge is 2.27. The number of furan rings is 1. The lowest BCUT2D eigenvalue weighted by Crippen LogP contribution is -2.47. The van der Waals surface area contributed by atoms with E-state index >= 15 is 0 Å². The first-order chi connectivity index (χ1) is 10.0. The van der Waals surface area contributed by atoms with Gasteiger partial charge in [-0.2, -0.15) is 0 Å². The van der Waals surface area contributed by atoms with E-state index in [4.69, 9.17) is 4.42 Å². The van der Waals surface area contributed by atoms with Crippen LogP contribution in [0.25, 0.3) is 0 Å². The van der Waals surface area contributed by atoms with Gasteiger partial charge in [-0.1, -0.05) is 0 Å². The van der Waals surface area contributed by atoms with Crippen molar-refractivity contribution >= 4 is 11.9 Å². The SMILES string of the molecule is CNC(=O)C1CCN(C(=O)N[C@H](C)c2ccc(C)o2)CC1. The predicted octanol–water partition coefficient (Wildman–Crippen LogP) is 1.82. The Labute approximate surface area is 124 Å². The summed E-state index contributed by atoms with van der Waals surface area (Å²) in [6, 6.07) is 3.49. The number of hydrogen-bond acceptors (Lipinski definition) is 3. The fourth-order valence-corrected chi connectivity index (χ4v) is 2.58. The molecule has 1 saturated heterocycles. The number of likely N-dealkylation sites (tertiary alicyclic amines) is 1. The molecule has 0 radical (unpaired) electrons. The molecule has 0 bridgehead atoms. The van der Waals surface area contributed by atoms with E-state index in [2.05, 4.69) is 10.6 Å². The second-order valence-electron chi connectivity index (χ2n) is 5.50. The Balaban J connectivity index is 1.83. The zero-order valence-corrected chi connectivity index (χ0v) is 12.8. The van der Waals surface area contributed by atoms with Gasteiger partial charge in [0.15, 0.2) is 0 Å². The lowest BCUT2D eigenvalue weighted by atomic mass is 9.96. The van der Waals surface area contributed by atoms with Crippen molar-refractivity contribution in [3.63, 3.8) is 0 Å². The van der Waals surface area contributed by atoms with Gasteiger partial charge in [0.25, 0.3) is 0 Å². The molecule has 0 spiro atoms. The summed E-state index contributed by atoms with van der Waals surface area (Å²) in [4.78, 5) is 25.5. The van der Waals surface area contributed by atoms with Gasteiger partial charge in [0.1, 0.15) is 11.5 Å². The van der Waals surface area contributed by atoms with E-state index in [-0.39, 0.29) is 23.9 Å². The standard InChI is InChI=1S/C15H23N3O3/c1-10-4-5-13(21-10)11(2)17-15(20)18-8-6-12(7-9-18)14(19)16-3/h4-5,11-12H,6-9H2,1-3H3,(H,16,19)(H,17,20)/t11-/m1/s1. The molecule has 1 aliphatic heterocycles. The third-order valence-electron chi connectivity index (χ3n) is 3.93. The van der Waals surface area contributed by atoms with Gasteiger partial charge in [-0.3, -0.25) is 4.79 Å². The number of urea groups is 1. The molecular formula is C15H23N3O3. The Morgan fingerprint density at radius 1 is 1.33 bits per heavy atom. The molecule has 1 aromatic heterocycles. The summed E-state index contributed by atoms with van der Waals surface area (Å²) in [7, 11) is 1.65. The molecule has 1 aromatic rings. The smallest absolute Gasteiger partial charge is 0.317 e. The molecule has 6 nitrogen and oxygen atoms in total. The molecule has 1 atom stereocenters. The molecule has 116 valence electrons. The lowest BCUT2D eigenvalue weighted by molar-refractivity contribution is -0.125. The van der Waals surface area contributed by atoms with Gasteiger partial charge in [0, 0.05) is 26.1 Å². The van der Waals surface area contributed by atoms with Gasteiger partial charge < -0.3 is 20.0 Å². The zero-order chi connectivity index (χ0) is 15.4. The fraction of sp³-hybridized carbons (Fsp3) is 0.600. The van der Waals surface area contributed by atoms with Gasteiger partial charge >= 0.3 is 6.03 Å². The molecule has 0 saturated carbocycles. The Bertz CT molecular complexity index is 504. The van der Waals surface area contributed by atoms with Crippen molar-refractivity contribution in [2.75, 3.05) is 20.1 Å². The molecule has 1 fully saturated rings. The number of aryl methyl sites for hydroxylation is 1. The number of piperidine rings is 1. The van der Waals surface area contributed by atoms with Crippen LogP contribution in [0.4, 0.5) is 4.79 Å². The minimum Gasteiger partial charge on any atom is -0.464 e. The third-order valence-corrected chi connectivity index (χ3v) is 3.93. The van der Waals surface area contributed by atoms with Crippen molar-refractivity contribution in [3.05, 3.63) is 23.7 Å². The molecule has 6 heteroatoms. The molecule has 21 heavy (non-hydrogen) atoms. The number of carbonyl (C=O) groups excluding carboxylic acids is 2. The summed E-state index contributed by atoms with van der Waals surface area (Å²) in [6.45, 7) is 4.98. The van der Waals surface area contributed by atoms with Crippen molar-refractivity contribution in [3.8, 4) is 0 Å². The van der Waals surface area contributed by atoms with Crippen molar-refractivity contribution in [2.24, 2.45) is 5.92 Å². The number of carbonyl (C=O) groups is 2. The maximum atomic E-state index is 12.2. The van der Waals surface area contributed by atoms with E-state index < -0.39 is 0 Å². The van der Waals surface area contributed by atoms with Crippen LogP contribution in [0.2, 0.25) is 0 Å². The highest BCUT2D eigenvalue weighted by Crippen LogP contribution is 2.19. The molecule has 3 amide bonds. The molecule has 2 rings (SSSR count). The maximum Gasteiger partial charge on any atom is 0.317 e. The van der Waals surface area contributed by atoms with Crippen LogP contribution in [0.5, 0.6) is 0 Å². The number of nitrogens with zero attached hydrogens (tertiary/aromatic N) is 1. The maximum absolute atomic E-state index is 12.2. The quantitative estimate of drug-likeness (QED) is 0.892. The third kappa shape index (κ3) is 3.77. The van der Waals surface area contributed by atoms with Gasteiger partial charge in [-0.05, 0) is 38.8 Å². The monoisotopic (exact) mass is 293 g/mol. The molecule has 0 aromatic carbocycles. The van der Waals surface area contributed by atoms with Gasteiger partial charge in [0.05, 0.1) is 6.04 Å². The zero-order valence-electron chi connectivity index (χ0n) is 12.8. The van der Waals surface area contributed by atoms with Crippen LogP contribution in [-0.4, -0.2) is 37.0 Å². The van der Waals surface area contributed by atoms with Crippen LogP contribution in [0.3, 0.4) is 0 Å². The van der Waals surface area contributed by atoms with Crippen molar-refractivity contribution in [1.82, 2.24) is 15.5 Å². The Morgan fingerprint density at radius 2 is 2.00 bits per heavy atom. The topological polar surface area (TPSA) is 74.6 Å². The minimum absolute atomic E-state index is 0.0178. The first-order valence-corrected chi connectivity index (χ1v) is 7.34. The van der Waals surface area contributed by atoms with Crippen LogP contribution in [0, 0.1) is 12.8 Å². The van der Waals surface area contributed by atoms with Crippen molar-refractivity contribution < 1.29 is 14.0 Å². The van der Waals surface area contributed by atoms with Gasteiger partial charge in [0.2, 0.25) is 5.91 Å². The van der Waals surface area contributed by atoms with Gasteiger partial charge in [-0.15, -0.1) is 0 Å². The highest BCUT2D eigenvalue weighted by atomic mass is 16.3. The number of hydrogen-bond donors (Lipinski definition) is 2. The van der Waals surface area contributed by atoms with Gasteiger partial charge in [-0.25, -0.2) is 4.79 Å². The largest absolute Gasteiger partial charge is 0.464 e. The first-order valence-electron chi connectivity index (χ1n) is 7.34. The van der Waals surface area contributed by atoms with E-state index in [0.717, 1.165) is 11.5 Å². The minimum atomic E-state index is -0.164. The highest BCUT2D eigenvalue weighted by molar-refractivity contribution is 5.79. The van der Waals surface area contributed by atoms with E-state index in [1.54, 1.807) is 11.9 Å². The summed E-state index contributed by atoms with van der Waals surface area (Å²) in [5, 5.41) is 5.59. The Hall–Kier alpha value is -1.98. The Kier molecular flexibility index (Phi) is 4.88. The lowest BCUT2D eigenvalue weighted by Gasteiger charge is -2.31. The molecule has 0 unspecified atom stereocenters. The van der Waals surface area contributed by atoms with E-state index in [1.807, 2.05) is 26.0 Å². The second-order valence-corrected chi connectivity index (χ2v) is 5.50. The van der Waals surface area contributed by atoms with E-state index in [9.17, 15) is 9.59 Å². The molecule has 2 N–H and O–H groups in total. The first kappa shape index (κ1) is 15.4. The molecule has 0 aliphatic carbocycles. The second kappa shape index (κ2) is 6.65. The van der Waals surface area contributed by atoms with Crippen LogP contribution >= 0.6 is 0 Å². The normalized spacial score (nSPS) is 17.4. The Morgan fingerprint density at radius 3 is 2.52 bits per heavy atom. The summed E-state index contributed by atoms with van der Waals surface area (Å²) in [5.41, 5.74) is 0. The predicted molar refractivity (Wildman–Crippen MR) is 78.8 cm³/mol. The van der Waals surface area contributed by atoms with Crippen LogP contribution < -0.4 is 10.6 Å². The summed E-state index contributed by atoms with van der Waals surface area (Å²) >= 11 is 0. The van der Waals surface area contributed by atoms with E-state index in [1.165, 1.54) is 0 Å². The molecule has 2 heterocycles. The molecular weight excluding hydrogens is 270 g/mol. The average Bonchev–Trinajstić information content (AvgIpc) is 2.93. The number of rotatable bonds is 3. The van der Waals surface area contributed by atoms with Crippen molar-refractivity contribution in [2.45, 2.75) is 32.7 Å².